The number of amidine groups is 1. The Hall–Kier alpha value is -0.770. The number of nitrogens with two attached hydrogens (primary N) is 1. The lowest BCUT2D eigenvalue weighted by atomic mass is 9.86. The number of rotatable bonds is 8. The molecule has 0 spiro atoms. The number of hydrogen-bond acceptors (Lipinski definition) is 3. The SMILES string of the molecule is CCN(CCCC(C)(C)C(N)=NO)CC1CC1. The minimum Gasteiger partial charge on any atom is -0.409 e. The molecule has 0 aliphatic heterocycles. The Morgan fingerprint density at radius 1 is 1.47 bits per heavy atom. The molecule has 0 aromatic rings. The van der Waals surface area contributed by atoms with Crippen LogP contribution in [0.5, 0.6) is 0 Å². The molecule has 0 heterocycles. The van der Waals surface area contributed by atoms with Gasteiger partial charge in [0.1, 0.15) is 5.84 Å². The Balaban J connectivity index is 2.24. The average molecular weight is 241 g/mol. The molecule has 4 heteroatoms. The van der Waals surface area contributed by atoms with E-state index in [1.54, 1.807) is 0 Å². The molecule has 1 aliphatic carbocycles. The van der Waals surface area contributed by atoms with Crippen molar-refractivity contribution in [2.24, 2.45) is 22.2 Å². The Morgan fingerprint density at radius 2 is 2.12 bits per heavy atom. The van der Waals surface area contributed by atoms with E-state index >= 15 is 0 Å². The van der Waals surface area contributed by atoms with Crippen LogP contribution >= 0.6 is 0 Å². The maximum Gasteiger partial charge on any atom is 0.144 e. The van der Waals surface area contributed by atoms with Crippen molar-refractivity contribution in [2.45, 2.75) is 46.5 Å². The molecule has 0 unspecified atom stereocenters. The molecule has 100 valence electrons. The quantitative estimate of drug-likeness (QED) is 0.296. The fourth-order valence-corrected chi connectivity index (χ4v) is 2.05. The van der Waals surface area contributed by atoms with Crippen LogP contribution in [0.2, 0.25) is 0 Å². The van der Waals surface area contributed by atoms with Crippen molar-refractivity contribution < 1.29 is 5.21 Å². The van der Waals surface area contributed by atoms with Gasteiger partial charge >= 0.3 is 0 Å². The maximum atomic E-state index is 8.70. The monoisotopic (exact) mass is 241 g/mol. The van der Waals surface area contributed by atoms with E-state index in [4.69, 9.17) is 10.9 Å². The molecule has 0 amide bonds. The lowest BCUT2D eigenvalue weighted by Crippen LogP contribution is -2.33. The Kier molecular flexibility index (Phi) is 5.25. The van der Waals surface area contributed by atoms with Crippen molar-refractivity contribution >= 4 is 5.84 Å². The van der Waals surface area contributed by atoms with Crippen LogP contribution in [0.4, 0.5) is 0 Å². The summed E-state index contributed by atoms with van der Waals surface area (Å²) in [7, 11) is 0. The summed E-state index contributed by atoms with van der Waals surface area (Å²) < 4.78 is 0. The summed E-state index contributed by atoms with van der Waals surface area (Å²) in [6.07, 6.45) is 4.88. The first kappa shape index (κ1) is 14.3. The van der Waals surface area contributed by atoms with Gasteiger partial charge in [0.2, 0.25) is 0 Å². The summed E-state index contributed by atoms with van der Waals surface area (Å²) >= 11 is 0. The minimum absolute atomic E-state index is 0.201. The summed E-state index contributed by atoms with van der Waals surface area (Å²) in [5.74, 6) is 1.29. The van der Waals surface area contributed by atoms with Crippen LogP contribution in [-0.4, -0.2) is 35.6 Å². The van der Waals surface area contributed by atoms with E-state index in [1.165, 1.54) is 19.4 Å². The Bertz CT molecular complexity index is 259. The summed E-state index contributed by atoms with van der Waals surface area (Å²) in [5, 5.41) is 11.8. The van der Waals surface area contributed by atoms with Crippen LogP contribution in [0, 0.1) is 11.3 Å². The lowest BCUT2D eigenvalue weighted by Gasteiger charge is -2.25. The van der Waals surface area contributed by atoms with Gasteiger partial charge in [0.05, 0.1) is 0 Å². The summed E-state index contributed by atoms with van der Waals surface area (Å²) in [5.41, 5.74) is 5.48. The van der Waals surface area contributed by atoms with E-state index in [-0.39, 0.29) is 5.41 Å². The highest BCUT2D eigenvalue weighted by molar-refractivity contribution is 5.85. The van der Waals surface area contributed by atoms with Crippen molar-refractivity contribution in [2.75, 3.05) is 19.6 Å². The highest BCUT2D eigenvalue weighted by Crippen LogP contribution is 2.30. The smallest absolute Gasteiger partial charge is 0.144 e. The molecule has 0 aromatic carbocycles. The molecule has 3 N–H and O–H groups in total. The second-order valence-electron chi connectivity index (χ2n) is 5.81. The van der Waals surface area contributed by atoms with Crippen molar-refractivity contribution in [3.8, 4) is 0 Å². The molecule has 1 aliphatic rings. The predicted octanol–water partition coefficient (Wildman–Crippen LogP) is 2.27. The van der Waals surface area contributed by atoms with E-state index in [9.17, 15) is 0 Å². The molecule has 0 aromatic heterocycles. The normalized spacial score (nSPS) is 17.8. The van der Waals surface area contributed by atoms with Crippen molar-refractivity contribution in [1.82, 2.24) is 4.90 Å². The van der Waals surface area contributed by atoms with Crippen LogP contribution in [0.15, 0.2) is 5.16 Å². The molecule has 0 saturated heterocycles. The molecule has 4 nitrogen and oxygen atoms in total. The Morgan fingerprint density at radius 3 is 2.59 bits per heavy atom. The van der Waals surface area contributed by atoms with E-state index in [2.05, 4.69) is 17.0 Å². The molecule has 17 heavy (non-hydrogen) atoms. The third-order valence-corrected chi connectivity index (χ3v) is 3.74. The molecular formula is C13H27N3O. The first-order chi connectivity index (χ1) is 7.99. The lowest BCUT2D eigenvalue weighted by molar-refractivity contribution is 0.256. The first-order valence-electron chi connectivity index (χ1n) is 6.70. The summed E-state index contributed by atoms with van der Waals surface area (Å²) in [6, 6.07) is 0. The first-order valence-corrected chi connectivity index (χ1v) is 6.70. The van der Waals surface area contributed by atoms with E-state index in [0.717, 1.165) is 31.8 Å². The van der Waals surface area contributed by atoms with Gasteiger partial charge in [0.15, 0.2) is 0 Å². The molecule has 0 atom stereocenters. The molecule has 1 rings (SSSR count). The maximum absolute atomic E-state index is 8.70. The molecular weight excluding hydrogens is 214 g/mol. The molecule has 0 bridgehead atoms. The van der Waals surface area contributed by atoms with Gasteiger partial charge in [-0.1, -0.05) is 25.9 Å². The van der Waals surface area contributed by atoms with E-state index < -0.39 is 0 Å². The fraction of sp³-hybridized carbons (Fsp3) is 0.923. The number of hydrogen-bond donors (Lipinski definition) is 2. The Labute approximate surface area is 105 Å². The highest BCUT2D eigenvalue weighted by atomic mass is 16.4. The van der Waals surface area contributed by atoms with Crippen LogP contribution in [0.25, 0.3) is 0 Å². The van der Waals surface area contributed by atoms with Crippen molar-refractivity contribution in [1.29, 1.82) is 0 Å². The molecule has 1 saturated carbocycles. The van der Waals surface area contributed by atoms with Crippen molar-refractivity contribution in [3.63, 3.8) is 0 Å². The van der Waals surface area contributed by atoms with Crippen LogP contribution < -0.4 is 5.73 Å². The number of oxime groups is 1. The average Bonchev–Trinajstić information content (AvgIpc) is 3.10. The van der Waals surface area contributed by atoms with Gasteiger partial charge in [-0.3, -0.25) is 0 Å². The van der Waals surface area contributed by atoms with Gasteiger partial charge in [0, 0.05) is 12.0 Å². The molecule has 0 radical (unpaired) electrons. The second kappa shape index (κ2) is 6.24. The van der Waals surface area contributed by atoms with Crippen LogP contribution in [-0.2, 0) is 0 Å². The van der Waals surface area contributed by atoms with Crippen molar-refractivity contribution in [3.05, 3.63) is 0 Å². The van der Waals surface area contributed by atoms with E-state index in [1.807, 2.05) is 13.8 Å². The van der Waals surface area contributed by atoms with Gasteiger partial charge in [-0.15, -0.1) is 0 Å². The zero-order valence-corrected chi connectivity index (χ0v) is 11.4. The third-order valence-electron chi connectivity index (χ3n) is 3.74. The highest BCUT2D eigenvalue weighted by Gasteiger charge is 2.25. The zero-order valence-electron chi connectivity index (χ0n) is 11.4. The van der Waals surface area contributed by atoms with Gasteiger partial charge in [0.25, 0.3) is 0 Å². The fourth-order valence-electron chi connectivity index (χ4n) is 2.05. The van der Waals surface area contributed by atoms with Gasteiger partial charge in [-0.05, 0) is 44.7 Å². The molecule has 1 fully saturated rings. The summed E-state index contributed by atoms with van der Waals surface area (Å²) in [6.45, 7) is 9.77. The standard InChI is InChI=1S/C13H27N3O/c1-4-16(10-11-6-7-11)9-5-8-13(2,3)12(14)15-17/h11,17H,4-10H2,1-3H3,(H2,14,15). The van der Waals surface area contributed by atoms with E-state index in [0.29, 0.717) is 5.84 Å². The largest absolute Gasteiger partial charge is 0.409 e. The van der Waals surface area contributed by atoms with Gasteiger partial charge in [-0.25, -0.2) is 0 Å². The topological polar surface area (TPSA) is 61.8 Å². The number of nitrogens with zero attached hydrogens (tertiary/aromatic N) is 2. The van der Waals surface area contributed by atoms with Gasteiger partial charge < -0.3 is 15.8 Å². The van der Waals surface area contributed by atoms with Gasteiger partial charge in [-0.2, -0.15) is 0 Å². The zero-order chi connectivity index (χ0) is 12.9. The minimum atomic E-state index is -0.201. The predicted molar refractivity (Wildman–Crippen MR) is 71.3 cm³/mol. The summed E-state index contributed by atoms with van der Waals surface area (Å²) in [4.78, 5) is 2.51. The third kappa shape index (κ3) is 4.94. The van der Waals surface area contributed by atoms with Crippen LogP contribution in [0.1, 0.15) is 46.5 Å². The van der Waals surface area contributed by atoms with Crippen LogP contribution in [0.3, 0.4) is 0 Å². The second-order valence-corrected chi connectivity index (χ2v) is 5.81.